The van der Waals surface area contributed by atoms with Gasteiger partial charge in [-0.1, -0.05) is 12.1 Å². The van der Waals surface area contributed by atoms with Crippen molar-refractivity contribution < 1.29 is 5.03 Å². The summed E-state index contributed by atoms with van der Waals surface area (Å²) in [5.41, 5.74) is 1.11. The maximum Gasteiger partial charge on any atom is 0.269 e. The first kappa shape index (κ1) is 12.3. The van der Waals surface area contributed by atoms with Crippen LogP contribution in [0.15, 0.2) is 24.3 Å². The van der Waals surface area contributed by atoms with Crippen LogP contribution < -0.4 is 5.32 Å². The van der Waals surface area contributed by atoms with Crippen molar-refractivity contribution >= 4 is 17.0 Å². The largest absolute Gasteiger partial charge is 0.350 e. The lowest BCUT2D eigenvalue weighted by molar-refractivity contribution is -0.535. The quantitative estimate of drug-likeness (QED) is 0.633. The van der Waals surface area contributed by atoms with E-state index in [1.165, 1.54) is 0 Å². The molecule has 0 unspecified atom stereocenters. The lowest BCUT2D eigenvalue weighted by atomic mass is 10.3. The fraction of sp³-hybridized carbons (Fsp3) is 0.364. The first-order valence-electron chi connectivity index (χ1n) is 5.60. The van der Waals surface area contributed by atoms with Gasteiger partial charge in [0.1, 0.15) is 5.52 Å². The molecular weight excluding hydrogens is 234 g/mol. The molecule has 1 heterocycles. The lowest BCUT2D eigenvalue weighted by Gasteiger charge is -2.09. The van der Waals surface area contributed by atoms with Gasteiger partial charge in [0.25, 0.3) is 5.95 Å². The summed E-state index contributed by atoms with van der Waals surface area (Å²) < 4.78 is 0.977. The second kappa shape index (κ2) is 5.01. The van der Waals surface area contributed by atoms with E-state index in [-0.39, 0.29) is 5.95 Å². The molecule has 0 bridgehead atoms. The van der Waals surface area contributed by atoms with Crippen molar-refractivity contribution in [2.45, 2.75) is 0 Å². The monoisotopic (exact) mass is 249 g/mol. The van der Waals surface area contributed by atoms with E-state index in [2.05, 4.69) is 10.3 Å². The minimum absolute atomic E-state index is 0.267. The highest BCUT2D eigenvalue weighted by Crippen LogP contribution is 2.18. The Morgan fingerprint density at radius 1 is 1.44 bits per heavy atom. The Bertz CT molecular complexity index is 564. The fourth-order valence-corrected chi connectivity index (χ4v) is 1.68. The van der Waals surface area contributed by atoms with E-state index >= 15 is 0 Å². The number of rotatable bonds is 5. The summed E-state index contributed by atoms with van der Waals surface area (Å²) in [6.45, 7) is 1.38. The van der Waals surface area contributed by atoms with Gasteiger partial charge in [-0.25, -0.2) is 15.1 Å². The number of likely N-dealkylation sites (N-methyl/N-ethyl adjacent to an activating group) is 1. The number of anilines is 1. The van der Waals surface area contributed by atoms with Crippen LogP contribution in [-0.2, 0) is 0 Å². The smallest absolute Gasteiger partial charge is 0.269 e. The van der Waals surface area contributed by atoms with E-state index in [9.17, 15) is 10.1 Å². The second-order valence-electron chi connectivity index (χ2n) is 4.20. The average Bonchev–Trinajstić information content (AvgIpc) is 2.66. The van der Waals surface area contributed by atoms with Crippen LogP contribution in [0.5, 0.6) is 0 Å². The van der Waals surface area contributed by atoms with Crippen molar-refractivity contribution in [2.75, 3.05) is 32.5 Å². The van der Waals surface area contributed by atoms with Crippen molar-refractivity contribution in [1.29, 1.82) is 0 Å². The topological polar surface area (TPSA) is 76.2 Å². The van der Waals surface area contributed by atoms with Crippen molar-refractivity contribution in [1.82, 2.24) is 14.6 Å². The number of para-hydroxylation sites is 2. The molecule has 2 rings (SSSR count). The van der Waals surface area contributed by atoms with Crippen LogP contribution in [0.4, 0.5) is 5.95 Å². The molecule has 7 heteroatoms. The predicted molar refractivity (Wildman–Crippen MR) is 69.2 cm³/mol. The highest BCUT2D eigenvalue weighted by Gasteiger charge is 2.17. The molecule has 1 aromatic heterocycles. The van der Waals surface area contributed by atoms with E-state index in [4.69, 9.17) is 0 Å². The van der Waals surface area contributed by atoms with Gasteiger partial charge >= 0.3 is 0 Å². The summed E-state index contributed by atoms with van der Waals surface area (Å²) in [4.78, 5) is 17.3. The Balaban J connectivity index is 2.31. The third-order valence-corrected chi connectivity index (χ3v) is 2.54. The van der Waals surface area contributed by atoms with Gasteiger partial charge in [-0.15, -0.1) is 0 Å². The third kappa shape index (κ3) is 2.40. The van der Waals surface area contributed by atoms with Crippen LogP contribution in [0.1, 0.15) is 0 Å². The number of benzene rings is 1. The SMILES string of the molecule is CN(C)CCNc1nc2ccccc2n1[N+](=O)[O-]. The van der Waals surface area contributed by atoms with Gasteiger partial charge in [-0.2, -0.15) is 0 Å². The molecule has 0 fully saturated rings. The molecule has 2 aromatic rings. The highest BCUT2D eigenvalue weighted by molar-refractivity contribution is 5.77. The van der Waals surface area contributed by atoms with Crippen molar-refractivity contribution in [2.24, 2.45) is 0 Å². The molecule has 0 saturated carbocycles. The minimum Gasteiger partial charge on any atom is -0.350 e. The Morgan fingerprint density at radius 2 is 2.17 bits per heavy atom. The number of nitro groups is 1. The number of hydrogen-bond acceptors (Lipinski definition) is 5. The molecule has 0 radical (unpaired) electrons. The molecular formula is C11H15N5O2. The Labute approximate surface area is 104 Å². The predicted octanol–water partition coefficient (Wildman–Crippen LogP) is 1.05. The van der Waals surface area contributed by atoms with Crippen LogP contribution in [-0.4, -0.2) is 46.8 Å². The summed E-state index contributed by atoms with van der Waals surface area (Å²) in [5.74, 6) is 0.267. The van der Waals surface area contributed by atoms with Gasteiger partial charge in [0.15, 0.2) is 5.03 Å². The van der Waals surface area contributed by atoms with Gasteiger partial charge < -0.3 is 10.2 Å². The molecule has 0 aliphatic rings. The zero-order chi connectivity index (χ0) is 13.1. The van der Waals surface area contributed by atoms with E-state index in [1.807, 2.05) is 25.1 Å². The van der Waals surface area contributed by atoms with E-state index in [0.717, 1.165) is 11.2 Å². The standard InChI is InChI=1S/C11H15N5O2/c1-14(2)8-7-12-11-13-9-5-3-4-6-10(9)15(11)16(17)18/h3-6H,7-8H2,1-2H3,(H,12,13). The number of hydrogen-bond donors (Lipinski definition) is 1. The molecule has 0 atom stereocenters. The van der Waals surface area contributed by atoms with Gasteiger partial charge in [0, 0.05) is 13.1 Å². The Kier molecular flexibility index (Phi) is 3.42. The molecule has 1 N–H and O–H groups in total. The van der Waals surface area contributed by atoms with Crippen LogP contribution in [0.3, 0.4) is 0 Å². The van der Waals surface area contributed by atoms with Crippen molar-refractivity contribution in [3.63, 3.8) is 0 Å². The number of imidazole rings is 1. The molecule has 0 aliphatic carbocycles. The summed E-state index contributed by atoms with van der Waals surface area (Å²) >= 11 is 0. The van der Waals surface area contributed by atoms with E-state index in [0.29, 0.717) is 17.6 Å². The normalized spacial score (nSPS) is 11.1. The fourth-order valence-electron chi connectivity index (χ4n) is 1.68. The molecule has 96 valence electrons. The third-order valence-electron chi connectivity index (χ3n) is 2.54. The zero-order valence-electron chi connectivity index (χ0n) is 10.3. The van der Waals surface area contributed by atoms with Gasteiger partial charge in [-0.05, 0) is 30.9 Å². The molecule has 1 aromatic carbocycles. The van der Waals surface area contributed by atoms with Gasteiger partial charge in [0.05, 0.1) is 5.52 Å². The van der Waals surface area contributed by atoms with Gasteiger partial charge in [0.2, 0.25) is 0 Å². The van der Waals surface area contributed by atoms with Crippen LogP contribution in [0, 0.1) is 10.1 Å². The number of nitrogens with zero attached hydrogens (tertiary/aromatic N) is 4. The summed E-state index contributed by atoms with van der Waals surface area (Å²) in [7, 11) is 3.89. The summed E-state index contributed by atoms with van der Waals surface area (Å²) in [6.07, 6.45) is 0. The Morgan fingerprint density at radius 3 is 2.83 bits per heavy atom. The van der Waals surface area contributed by atoms with E-state index in [1.54, 1.807) is 18.2 Å². The lowest BCUT2D eigenvalue weighted by Crippen LogP contribution is -2.23. The first-order chi connectivity index (χ1) is 8.59. The minimum atomic E-state index is -0.465. The van der Waals surface area contributed by atoms with Crippen molar-refractivity contribution in [3.05, 3.63) is 34.4 Å². The summed E-state index contributed by atoms with van der Waals surface area (Å²) in [6, 6.07) is 7.01. The van der Waals surface area contributed by atoms with Crippen LogP contribution >= 0.6 is 0 Å². The molecule has 0 aliphatic heterocycles. The van der Waals surface area contributed by atoms with Crippen LogP contribution in [0.2, 0.25) is 0 Å². The first-order valence-corrected chi connectivity index (χ1v) is 5.60. The zero-order valence-corrected chi connectivity index (χ0v) is 10.3. The molecule has 0 saturated heterocycles. The highest BCUT2D eigenvalue weighted by atomic mass is 16.7. The molecule has 7 nitrogen and oxygen atoms in total. The number of fused-ring (bicyclic) bond motifs is 1. The molecule has 0 amide bonds. The maximum atomic E-state index is 11.1. The van der Waals surface area contributed by atoms with Crippen LogP contribution in [0.25, 0.3) is 11.0 Å². The van der Waals surface area contributed by atoms with Gasteiger partial charge in [-0.3, -0.25) is 0 Å². The van der Waals surface area contributed by atoms with E-state index < -0.39 is 5.03 Å². The second-order valence-corrected chi connectivity index (χ2v) is 4.20. The average molecular weight is 249 g/mol. The maximum absolute atomic E-state index is 11.1. The molecule has 0 spiro atoms. The Hall–Kier alpha value is -2.15. The number of aromatic nitrogens is 2. The summed E-state index contributed by atoms with van der Waals surface area (Å²) in [5, 5.41) is 13.6. The molecule has 18 heavy (non-hydrogen) atoms. The van der Waals surface area contributed by atoms with Crippen molar-refractivity contribution in [3.8, 4) is 0 Å². The number of nitrogens with one attached hydrogen (secondary N) is 1.